The topological polar surface area (TPSA) is 110 Å². The lowest BCUT2D eigenvalue weighted by Gasteiger charge is -2.14. The number of hydrogen-bond acceptors (Lipinski definition) is 8. The van der Waals surface area contributed by atoms with Gasteiger partial charge in [-0.15, -0.1) is 0 Å². The predicted molar refractivity (Wildman–Crippen MR) is 119 cm³/mol. The third-order valence-corrected chi connectivity index (χ3v) is 4.29. The van der Waals surface area contributed by atoms with Crippen LogP contribution >= 0.6 is 0 Å². The lowest BCUT2D eigenvalue weighted by atomic mass is 10.1. The molecule has 0 fully saturated rings. The minimum atomic E-state index is -2.88. The lowest BCUT2D eigenvalue weighted by molar-refractivity contribution is 0.0367. The highest BCUT2D eigenvalue weighted by molar-refractivity contribution is 6.09. The minimum absolute atomic E-state index is 0.253. The van der Waals surface area contributed by atoms with Crippen LogP contribution in [0.5, 0.6) is 5.75 Å². The number of ether oxygens (including phenoxy) is 1. The van der Waals surface area contributed by atoms with E-state index in [-0.39, 0.29) is 11.8 Å². The number of aliphatic imine (C=N–C) groups is 1. The first-order chi connectivity index (χ1) is 14.8. The maximum absolute atomic E-state index is 13.3. The van der Waals surface area contributed by atoms with Crippen LogP contribution in [0, 0.1) is 0 Å². The van der Waals surface area contributed by atoms with Gasteiger partial charge in [-0.3, -0.25) is 4.99 Å². The summed E-state index contributed by atoms with van der Waals surface area (Å²) in [7, 11) is 3.20. The first-order valence-corrected chi connectivity index (χ1v) is 9.37. The van der Waals surface area contributed by atoms with Gasteiger partial charge in [0.2, 0.25) is 5.95 Å². The second-order valence-corrected chi connectivity index (χ2v) is 6.76. The van der Waals surface area contributed by atoms with E-state index in [2.05, 4.69) is 30.6 Å². The van der Waals surface area contributed by atoms with Gasteiger partial charge in [-0.1, -0.05) is 6.07 Å². The molecule has 10 heteroatoms. The molecular formula is C21H23F2N7O. The molecule has 0 spiro atoms. The van der Waals surface area contributed by atoms with Gasteiger partial charge >= 0.3 is 0 Å². The van der Waals surface area contributed by atoms with E-state index in [1.54, 1.807) is 38.7 Å². The average molecular weight is 427 g/mol. The maximum atomic E-state index is 13.3. The van der Waals surface area contributed by atoms with E-state index in [1.807, 2.05) is 12.1 Å². The number of benzene rings is 1. The van der Waals surface area contributed by atoms with Gasteiger partial charge in [0.25, 0.3) is 5.92 Å². The molecule has 0 amide bonds. The van der Waals surface area contributed by atoms with Crippen LogP contribution in [0.4, 0.5) is 26.2 Å². The molecule has 162 valence electrons. The van der Waals surface area contributed by atoms with Crippen LogP contribution in [0.15, 0.2) is 47.9 Å². The summed E-state index contributed by atoms with van der Waals surface area (Å²) in [4.78, 5) is 16.9. The van der Waals surface area contributed by atoms with Gasteiger partial charge in [0.15, 0.2) is 5.82 Å². The first-order valence-electron chi connectivity index (χ1n) is 9.37. The van der Waals surface area contributed by atoms with Crippen molar-refractivity contribution in [1.29, 1.82) is 0 Å². The van der Waals surface area contributed by atoms with Crippen molar-refractivity contribution in [1.82, 2.24) is 15.0 Å². The Kier molecular flexibility index (Phi) is 6.58. The van der Waals surface area contributed by atoms with Crippen molar-refractivity contribution < 1.29 is 13.5 Å². The van der Waals surface area contributed by atoms with Crippen LogP contribution in [-0.4, -0.2) is 47.8 Å². The zero-order valence-electron chi connectivity index (χ0n) is 17.4. The molecule has 1 aromatic carbocycles. The second-order valence-electron chi connectivity index (χ2n) is 6.76. The fourth-order valence-corrected chi connectivity index (χ4v) is 2.83. The molecule has 0 saturated heterocycles. The number of anilines is 3. The normalized spacial score (nSPS) is 12.4. The van der Waals surface area contributed by atoms with Gasteiger partial charge in [0.05, 0.1) is 19.3 Å². The summed E-state index contributed by atoms with van der Waals surface area (Å²) >= 11 is 0. The van der Waals surface area contributed by atoms with Crippen LogP contribution in [0.25, 0.3) is 16.5 Å². The maximum Gasteiger partial charge on any atom is 0.262 e. The third kappa shape index (κ3) is 5.41. The molecule has 3 aromatic rings. The molecule has 0 saturated carbocycles. The number of hydrogen-bond donors (Lipinski definition) is 3. The molecule has 0 atom stereocenters. The summed E-state index contributed by atoms with van der Waals surface area (Å²) in [6.07, 6.45) is 6.21. The van der Waals surface area contributed by atoms with E-state index in [0.29, 0.717) is 22.3 Å². The van der Waals surface area contributed by atoms with Gasteiger partial charge in [0, 0.05) is 49.7 Å². The highest BCUT2D eigenvalue weighted by Crippen LogP contribution is 2.30. The monoisotopic (exact) mass is 427 g/mol. The second kappa shape index (κ2) is 9.33. The fourth-order valence-electron chi connectivity index (χ4n) is 2.83. The van der Waals surface area contributed by atoms with Crippen molar-refractivity contribution in [3.8, 4) is 5.75 Å². The highest BCUT2D eigenvalue weighted by atomic mass is 19.3. The van der Waals surface area contributed by atoms with E-state index in [1.165, 1.54) is 12.4 Å². The van der Waals surface area contributed by atoms with Crippen molar-refractivity contribution in [2.45, 2.75) is 12.8 Å². The summed E-state index contributed by atoms with van der Waals surface area (Å²) in [5.41, 5.74) is 8.28. The summed E-state index contributed by atoms with van der Waals surface area (Å²) < 4.78 is 32.0. The molecule has 0 aliphatic heterocycles. The summed E-state index contributed by atoms with van der Waals surface area (Å²) in [5.74, 6) is -1.82. The van der Waals surface area contributed by atoms with Crippen LogP contribution in [0.1, 0.15) is 12.5 Å². The molecule has 4 N–H and O–H groups in total. The van der Waals surface area contributed by atoms with Crippen LogP contribution < -0.4 is 21.1 Å². The molecule has 0 unspecified atom stereocenters. The number of rotatable bonds is 8. The fraction of sp³-hybridized carbons (Fsp3) is 0.238. The van der Waals surface area contributed by atoms with Crippen LogP contribution in [-0.2, 0) is 0 Å². The Labute approximate surface area is 178 Å². The summed E-state index contributed by atoms with van der Waals surface area (Å²) in [5, 5.41) is 6.41. The Morgan fingerprint density at radius 1 is 1.29 bits per heavy atom. The molecule has 0 aliphatic rings. The van der Waals surface area contributed by atoms with Crippen molar-refractivity contribution in [2.24, 2.45) is 10.7 Å². The van der Waals surface area contributed by atoms with E-state index < -0.39 is 12.5 Å². The number of pyridine rings is 1. The molecule has 3 rings (SSSR count). The summed E-state index contributed by atoms with van der Waals surface area (Å²) in [6.45, 7) is 0.278. The predicted octanol–water partition coefficient (Wildman–Crippen LogP) is 3.84. The Morgan fingerprint density at radius 2 is 2.10 bits per heavy atom. The highest BCUT2D eigenvalue weighted by Gasteiger charge is 2.21. The summed E-state index contributed by atoms with van der Waals surface area (Å²) in [6, 6.07) is 7.17. The Hall–Kier alpha value is -3.82. The zero-order chi connectivity index (χ0) is 22.4. The number of aromatic nitrogens is 3. The number of nitrogens with zero attached hydrogens (tertiary/aromatic N) is 4. The lowest BCUT2D eigenvalue weighted by Crippen LogP contribution is -2.23. The molecule has 8 nitrogen and oxygen atoms in total. The minimum Gasteiger partial charge on any atom is -0.495 e. The Morgan fingerprint density at radius 3 is 2.77 bits per heavy atom. The van der Waals surface area contributed by atoms with Gasteiger partial charge in [-0.2, -0.15) is 0 Å². The van der Waals surface area contributed by atoms with Crippen LogP contribution in [0.3, 0.4) is 0 Å². The molecule has 2 aromatic heterocycles. The molecule has 0 bridgehead atoms. The number of nitrogens with two attached hydrogens (primary N) is 1. The van der Waals surface area contributed by atoms with Crippen molar-refractivity contribution in [2.75, 3.05) is 31.3 Å². The van der Waals surface area contributed by atoms with Crippen molar-refractivity contribution in [3.05, 3.63) is 48.4 Å². The number of halogens is 2. The van der Waals surface area contributed by atoms with E-state index in [9.17, 15) is 8.78 Å². The quantitative estimate of drug-likeness (QED) is 0.469. The van der Waals surface area contributed by atoms with Crippen molar-refractivity contribution >= 4 is 40.1 Å². The molecule has 31 heavy (non-hydrogen) atoms. The number of nitrogens with one attached hydrogen (secondary N) is 2. The van der Waals surface area contributed by atoms with E-state index >= 15 is 0 Å². The smallest absolute Gasteiger partial charge is 0.262 e. The van der Waals surface area contributed by atoms with Crippen LogP contribution in [0.2, 0.25) is 0 Å². The number of fused-ring (bicyclic) bond motifs is 1. The first kappa shape index (κ1) is 21.9. The Bertz CT molecular complexity index is 1130. The number of alkyl halides is 2. The Balaban J connectivity index is 1.92. The van der Waals surface area contributed by atoms with Gasteiger partial charge in [0.1, 0.15) is 11.3 Å². The third-order valence-electron chi connectivity index (χ3n) is 4.29. The SMILES string of the molecule is CN=CC(=CN)c1ccc(Nc2ncc3ccnc(NCC(C)(F)F)c3n2)c(OC)c1. The number of allylic oxidation sites excluding steroid dienone is 1. The molecule has 0 radical (unpaired) electrons. The molecule has 2 heterocycles. The van der Waals surface area contributed by atoms with Crippen molar-refractivity contribution in [3.63, 3.8) is 0 Å². The average Bonchev–Trinajstić information content (AvgIpc) is 2.75. The van der Waals surface area contributed by atoms with Gasteiger partial charge in [-0.05, 0) is 23.8 Å². The van der Waals surface area contributed by atoms with E-state index in [0.717, 1.165) is 18.1 Å². The molecule has 0 aliphatic carbocycles. The molecular weight excluding hydrogens is 404 g/mol. The zero-order valence-corrected chi connectivity index (χ0v) is 17.4. The number of methoxy groups -OCH3 is 1. The van der Waals surface area contributed by atoms with E-state index in [4.69, 9.17) is 10.5 Å². The van der Waals surface area contributed by atoms with Gasteiger partial charge < -0.3 is 21.1 Å². The standard InChI is InChI=1S/C21H23F2N7O/c1-21(22,23)12-28-19-18-14(6-7-26-19)11-27-20(30-18)29-16-5-4-13(8-17(16)31-3)15(9-24)10-25-2/h4-11H,12,24H2,1-3H3,(H,26,28)(H,27,29,30). The largest absolute Gasteiger partial charge is 0.495 e. The van der Waals surface area contributed by atoms with Gasteiger partial charge in [-0.25, -0.2) is 23.7 Å².